The molecule has 2 aliphatic heterocycles. The monoisotopic (exact) mass is 488 g/mol. The third kappa shape index (κ3) is 5.31. The number of carbonyl (C=O) groups is 3. The van der Waals surface area contributed by atoms with E-state index in [1.807, 2.05) is 13.0 Å². The summed E-state index contributed by atoms with van der Waals surface area (Å²) >= 11 is 12.3. The normalized spacial score (nSPS) is 20.6. The van der Waals surface area contributed by atoms with E-state index in [1.165, 1.54) is 6.07 Å². The molecule has 0 aliphatic carbocycles. The molecule has 3 heterocycles. The smallest absolute Gasteiger partial charge is 0.256 e. The van der Waals surface area contributed by atoms with Gasteiger partial charge in [0.1, 0.15) is 11.9 Å². The summed E-state index contributed by atoms with van der Waals surface area (Å²) in [5.74, 6) is -0.382. The zero-order valence-corrected chi connectivity index (χ0v) is 19.9. The fourth-order valence-corrected chi connectivity index (χ4v) is 4.83. The molecule has 2 aliphatic rings. The van der Waals surface area contributed by atoms with Gasteiger partial charge in [0.15, 0.2) is 0 Å². The van der Waals surface area contributed by atoms with Gasteiger partial charge in [0.25, 0.3) is 5.91 Å². The van der Waals surface area contributed by atoms with Gasteiger partial charge in [0.2, 0.25) is 11.8 Å². The number of piperidine rings is 1. The fourth-order valence-electron chi connectivity index (χ4n) is 4.45. The van der Waals surface area contributed by atoms with Crippen molar-refractivity contribution in [3.05, 3.63) is 57.7 Å². The summed E-state index contributed by atoms with van der Waals surface area (Å²) in [4.78, 5) is 46.9. The molecule has 0 saturated carbocycles. The lowest BCUT2D eigenvalue weighted by Gasteiger charge is -2.35. The van der Waals surface area contributed by atoms with Crippen LogP contribution in [0.5, 0.6) is 0 Å². The van der Waals surface area contributed by atoms with Crippen LogP contribution in [0, 0.1) is 12.8 Å². The second-order valence-corrected chi connectivity index (χ2v) is 9.46. The number of aryl methyl sites for hydroxylation is 1. The minimum Gasteiger partial charge on any atom is -0.340 e. The number of nitrogens with zero attached hydrogens (tertiary/aromatic N) is 3. The van der Waals surface area contributed by atoms with E-state index in [4.69, 9.17) is 23.2 Å². The number of nitrogens with one attached hydrogen (secondary N) is 1. The number of halogens is 2. The van der Waals surface area contributed by atoms with E-state index in [2.05, 4.69) is 10.3 Å². The standard InChI is InChI=1S/C24H26Cl2N4O3/c1-15-6-9-21(27-13-15)28-22(31)16-4-2-10-29(14-16)24(33)20-5-3-11-30(20)23(32)18-12-17(25)7-8-19(18)26/h6-9,12-13,16,20H,2-5,10-11,14H2,1H3,(H,27,28,31). The van der Waals surface area contributed by atoms with Crippen molar-refractivity contribution in [2.75, 3.05) is 25.0 Å². The molecule has 174 valence electrons. The highest BCUT2D eigenvalue weighted by Crippen LogP contribution is 2.28. The van der Waals surface area contributed by atoms with Gasteiger partial charge in [0.05, 0.1) is 16.5 Å². The van der Waals surface area contributed by atoms with Crippen LogP contribution in [0.25, 0.3) is 0 Å². The average Bonchev–Trinajstić information content (AvgIpc) is 3.31. The molecular weight excluding hydrogens is 463 g/mol. The first-order valence-corrected chi connectivity index (χ1v) is 11.9. The van der Waals surface area contributed by atoms with E-state index in [0.717, 1.165) is 18.4 Å². The largest absolute Gasteiger partial charge is 0.340 e. The van der Waals surface area contributed by atoms with E-state index in [1.54, 1.807) is 34.2 Å². The number of carbonyl (C=O) groups excluding carboxylic acids is 3. The van der Waals surface area contributed by atoms with E-state index < -0.39 is 6.04 Å². The maximum atomic E-state index is 13.4. The Labute approximate surface area is 203 Å². The third-order valence-electron chi connectivity index (χ3n) is 6.22. The number of amides is 3. The second-order valence-electron chi connectivity index (χ2n) is 8.61. The lowest BCUT2D eigenvalue weighted by Crippen LogP contribution is -2.51. The van der Waals surface area contributed by atoms with Gasteiger partial charge in [-0.05, 0) is 62.4 Å². The van der Waals surface area contributed by atoms with Crippen molar-refractivity contribution in [1.82, 2.24) is 14.8 Å². The highest BCUT2D eigenvalue weighted by Gasteiger charge is 2.39. The predicted octanol–water partition coefficient (Wildman–Crippen LogP) is 4.18. The number of anilines is 1. The molecule has 2 saturated heterocycles. The van der Waals surface area contributed by atoms with Crippen LogP contribution in [0.2, 0.25) is 10.0 Å². The Morgan fingerprint density at radius 1 is 1.06 bits per heavy atom. The van der Waals surface area contributed by atoms with Gasteiger partial charge in [-0.3, -0.25) is 14.4 Å². The van der Waals surface area contributed by atoms with Crippen molar-refractivity contribution >= 4 is 46.7 Å². The molecule has 33 heavy (non-hydrogen) atoms. The minimum atomic E-state index is -0.562. The van der Waals surface area contributed by atoms with Crippen LogP contribution in [0.15, 0.2) is 36.5 Å². The van der Waals surface area contributed by atoms with Crippen molar-refractivity contribution < 1.29 is 14.4 Å². The fraction of sp³-hybridized carbons (Fsp3) is 0.417. The van der Waals surface area contributed by atoms with E-state index in [9.17, 15) is 14.4 Å². The van der Waals surface area contributed by atoms with Gasteiger partial charge >= 0.3 is 0 Å². The Bertz CT molecular complexity index is 1060. The highest BCUT2D eigenvalue weighted by molar-refractivity contribution is 6.35. The average molecular weight is 489 g/mol. The number of likely N-dealkylation sites (tertiary alicyclic amines) is 2. The Balaban J connectivity index is 1.43. The predicted molar refractivity (Wildman–Crippen MR) is 127 cm³/mol. The van der Waals surface area contributed by atoms with E-state index in [0.29, 0.717) is 53.9 Å². The first-order valence-electron chi connectivity index (χ1n) is 11.1. The summed E-state index contributed by atoms with van der Waals surface area (Å²) in [6.07, 6.45) is 4.45. The molecule has 2 unspecified atom stereocenters. The lowest BCUT2D eigenvalue weighted by atomic mass is 9.96. The van der Waals surface area contributed by atoms with Crippen LogP contribution in [-0.2, 0) is 9.59 Å². The molecule has 2 aromatic rings. The molecule has 9 heteroatoms. The summed E-state index contributed by atoms with van der Waals surface area (Å²) in [7, 11) is 0. The quantitative estimate of drug-likeness (QED) is 0.699. The topological polar surface area (TPSA) is 82.6 Å². The van der Waals surface area contributed by atoms with Crippen LogP contribution in [0.4, 0.5) is 5.82 Å². The number of pyridine rings is 1. The summed E-state index contributed by atoms with van der Waals surface area (Å²) in [5.41, 5.74) is 1.31. The molecule has 0 spiro atoms. The Kier molecular flexibility index (Phi) is 7.20. The van der Waals surface area contributed by atoms with Crippen molar-refractivity contribution in [1.29, 1.82) is 0 Å². The van der Waals surface area contributed by atoms with Crippen LogP contribution in [0.1, 0.15) is 41.6 Å². The van der Waals surface area contributed by atoms with Crippen LogP contribution >= 0.6 is 23.2 Å². The number of rotatable bonds is 4. The number of benzene rings is 1. The van der Waals surface area contributed by atoms with Crippen molar-refractivity contribution in [3.8, 4) is 0 Å². The van der Waals surface area contributed by atoms with Crippen molar-refractivity contribution in [3.63, 3.8) is 0 Å². The first-order chi connectivity index (χ1) is 15.8. The van der Waals surface area contributed by atoms with Crippen molar-refractivity contribution in [2.24, 2.45) is 5.92 Å². The lowest BCUT2D eigenvalue weighted by molar-refractivity contribution is -0.138. The SMILES string of the molecule is Cc1ccc(NC(=O)C2CCCN(C(=O)C3CCCN3C(=O)c3cc(Cl)ccc3Cl)C2)nc1. The van der Waals surface area contributed by atoms with Gasteiger partial charge in [-0.25, -0.2) is 4.98 Å². The summed E-state index contributed by atoms with van der Waals surface area (Å²) in [5, 5.41) is 3.57. The zero-order valence-electron chi connectivity index (χ0n) is 18.4. The molecule has 3 amide bonds. The van der Waals surface area contributed by atoms with Gasteiger partial charge in [-0.2, -0.15) is 0 Å². The summed E-state index contributed by atoms with van der Waals surface area (Å²) in [6.45, 7) is 3.31. The van der Waals surface area contributed by atoms with Gasteiger partial charge < -0.3 is 15.1 Å². The van der Waals surface area contributed by atoms with E-state index in [-0.39, 0.29) is 23.6 Å². The Hall–Kier alpha value is -2.64. The molecular formula is C24H26Cl2N4O3. The molecule has 2 fully saturated rings. The third-order valence-corrected chi connectivity index (χ3v) is 6.79. The number of hydrogen-bond acceptors (Lipinski definition) is 4. The first kappa shape index (κ1) is 23.5. The van der Waals surface area contributed by atoms with E-state index >= 15 is 0 Å². The molecule has 4 rings (SSSR count). The van der Waals surface area contributed by atoms with Crippen molar-refractivity contribution in [2.45, 2.75) is 38.6 Å². The molecule has 2 atom stereocenters. The summed E-state index contributed by atoms with van der Waals surface area (Å²) in [6, 6.07) is 7.83. The number of hydrogen-bond donors (Lipinski definition) is 1. The molecule has 1 N–H and O–H groups in total. The molecule has 1 aromatic carbocycles. The molecule has 0 radical (unpaired) electrons. The van der Waals surface area contributed by atoms with Crippen LogP contribution in [-0.4, -0.2) is 58.2 Å². The van der Waals surface area contributed by atoms with Gasteiger partial charge in [-0.1, -0.05) is 29.3 Å². The summed E-state index contributed by atoms with van der Waals surface area (Å²) < 4.78 is 0. The molecule has 1 aromatic heterocycles. The maximum absolute atomic E-state index is 13.4. The van der Waals surface area contributed by atoms with Crippen LogP contribution in [0.3, 0.4) is 0 Å². The Morgan fingerprint density at radius 2 is 1.85 bits per heavy atom. The van der Waals surface area contributed by atoms with Gasteiger partial charge in [0, 0.05) is 30.9 Å². The second kappa shape index (κ2) is 10.1. The zero-order chi connectivity index (χ0) is 23.5. The van der Waals surface area contributed by atoms with Gasteiger partial charge in [-0.15, -0.1) is 0 Å². The molecule has 7 nitrogen and oxygen atoms in total. The number of aromatic nitrogens is 1. The molecule has 0 bridgehead atoms. The Morgan fingerprint density at radius 3 is 2.61 bits per heavy atom. The maximum Gasteiger partial charge on any atom is 0.256 e. The van der Waals surface area contributed by atoms with Crippen LogP contribution < -0.4 is 5.32 Å². The minimum absolute atomic E-state index is 0.120. The highest BCUT2D eigenvalue weighted by atomic mass is 35.5.